The second-order valence-corrected chi connectivity index (χ2v) is 4.77. The molecule has 1 amide bonds. The molecule has 1 heterocycles. The molecule has 0 fully saturated rings. The molecular formula is C17H13FN2O. The molecule has 0 aliphatic carbocycles. The third-order valence-corrected chi connectivity index (χ3v) is 3.19. The van der Waals surface area contributed by atoms with Gasteiger partial charge in [0, 0.05) is 16.8 Å². The van der Waals surface area contributed by atoms with Crippen LogP contribution in [0, 0.1) is 12.7 Å². The number of anilines is 1. The number of halogens is 1. The Morgan fingerprint density at radius 3 is 2.62 bits per heavy atom. The van der Waals surface area contributed by atoms with Gasteiger partial charge < -0.3 is 5.32 Å². The quantitative estimate of drug-likeness (QED) is 0.772. The van der Waals surface area contributed by atoms with Crippen molar-refractivity contribution in [3.63, 3.8) is 0 Å². The first-order valence-corrected chi connectivity index (χ1v) is 6.57. The predicted molar refractivity (Wildman–Crippen MR) is 80.8 cm³/mol. The van der Waals surface area contributed by atoms with Crippen molar-refractivity contribution in [1.82, 2.24) is 4.98 Å². The highest BCUT2D eigenvalue weighted by atomic mass is 19.1. The van der Waals surface area contributed by atoms with Gasteiger partial charge in [-0.15, -0.1) is 0 Å². The minimum atomic E-state index is -0.426. The first-order chi connectivity index (χ1) is 10.1. The molecule has 0 spiro atoms. The number of amides is 1. The van der Waals surface area contributed by atoms with Gasteiger partial charge in [0.05, 0.1) is 5.56 Å². The largest absolute Gasteiger partial charge is 0.322 e. The van der Waals surface area contributed by atoms with Crippen LogP contribution >= 0.6 is 0 Å². The summed E-state index contributed by atoms with van der Waals surface area (Å²) in [4.78, 5) is 16.6. The summed E-state index contributed by atoms with van der Waals surface area (Å²) in [5, 5.41) is 3.32. The van der Waals surface area contributed by atoms with Crippen molar-refractivity contribution >= 4 is 22.5 Å². The van der Waals surface area contributed by atoms with Crippen LogP contribution in [0.4, 0.5) is 10.1 Å². The van der Waals surface area contributed by atoms with E-state index in [4.69, 9.17) is 0 Å². The van der Waals surface area contributed by atoms with E-state index in [0.29, 0.717) is 22.3 Å². The second-order valence-electron chi connectivity index (χ2n) is 4.77. The summed E-state index contributed by atoms with van der Waals surface area (Å²) in [6, 6.07) is 15.4. The van der Waals surface area contributed by atoms with Crippen LogP contribution in [-0.4, -0.2) is 10.9 Å². The fourth-order valence-corrected chi connectivity index (χ4v) is 2.25. The Hall–Kier alpha value is -2.75. The predicted octanol–water partition coefficient (Wildman–Crippen LogP) is 3.93. The molecule has 0 aliphatic heterocycles. The van der Waals surface area contributed by atoms with Crippen LogP contribution in [0.5, 0.6) is 0 Å². The Morgan fingerprint density at radius 2 is 1.86 bits per heavy atom. The topological polar surface area (TPSA) is 42.0 Å². The number of nitrogens with one attached hydrogen (secondary N) is 1. The van der Waals surface area contributed by atoms with Gasteiger partial charge in [0.1, 0.15) is 11.3 Å². The van der Waals surface area contributed by atoms with Crippen molar-refractivity contribution in [2.24, 2.45) is 0 Å². The molecule has 1 N–H and O–H groups in total. The number of aromatic nitrogens is 1. The molecule has 3 nitrogen and oxygen atoms in total. The summed E-state index contributed by atoms with van der Waals surface area (Å²) in [7, 11) is 0. The van der Waals surface area contributed by atoms with Crippen molar-refractivity contribution in [3.8, 4) is 0 Å². The number of carbonyl (C=O) groups is 1. The van der Waals surface area contributed by atoms with Crippen LogP contribution in [0.15, 0.2) is 54.6 Å². The van der Waals surface area contributed by atoms with Gasteiger partial charge in [-0.25, -0.2) is 9.37 Å². The van der Waals surface area contributed by atoms with Crippen molar-refractivity contribution in [3.05, 3.63) is 71.7 Å². The van der Waals surface area contributed by atoms with Gasteiger partial charge in [-0.05, 0) is 31.2 Å². The number of nitrogens with zero attached hydrogens (tertiary/aromatic N) is 1. The zero-order chi connectivity index (χ0) is 14.8. The fraction of sp³-hybridized carbons (Fsp3) is 0.0588. The first kappa shape index (κ1) is 13.2. The lowest BCUT2D eigenvalue weighted by molar-refractivity contribution is 0.102. The Labute approximate surface area is 121 Å². The van der Waals surface area contributed by atoms with E-state index in [-0.39, 0.29) is 11.4 Å². The number of hydrogen-bond donors (Lipinski definition) is 1. The van der Waals surface area contributed by atoms with Gasteiger partial charge in [-0.1, -0.05) is 30.3 Å². The molecule has 4 heteroatoms. The molecule has 0 bridgehead atoms. The number of carbonyl (C=O) groups excluding carboxylic acids is 1. The van der Waals surface area contributed by atoms with E-state index < -0.39 is 5.82 Å². The molecule has 3 aromatic rings. The van der Waals surface area contributed by atoms with E-state index in [1.807, 2.05) is 18.2 Å². The summed E-state index contributed by atoms with van der Waals surface area (Å²) >= 11 is 0. The van der Waals surface area contributed by atoms with Crippen molar-refractivity contribution in [2.75, 3.05) is 5.32 Å². The van der Waals surface area contributed by atoms with Crippen LogP contribution in [-0.2, 0) is 0 Å². The van der Waals surface area contributed by atoms with Crippen molar-refractivity contribution in [2.45, 2.75) is 6.92 Å². The molecule has 1 aromatic heterocycles. The Balaban J connectivity index is 2.07. The summed E-state index contributed by atoms with van der Waals surface area (Å²) in [5.74, 6) is -0.702. The lowest BCUT2D eigenvalue weighted by Crippen LogP contribution is -2.13. The van der Waals surface area contributed by atoms with Crippen LogP contribution in [0.2, 0.25) is 0 Å². The molecule has 0 aliphatic rings. The van der Waals surface area contributed by atoms with E-state index in [9.17, 15) is 9.18 Å². The van der Waals surface area contributed by atoms with Gasteiger partial charge in [0.2, 0.25) is 0 Å². The molecule has 3 rings (SSSR count). The Kier molecular flexibility index (Phi) is 3.36. The Bertz CT molecular complexity index is 816. The third kappa shape index (κ3) is 2.60. The molecule has 0 unspecified atom stereocenters. The normalized spacial score (nSPS) is 10.6. The number of pyridine rings is 1. The minimum Gasteiger partial charge on any atom is -0.322 e. The van der Waals surface area contributed by atoms with E-state index in [1.54, 1.807) is 37.3 Å². The number of hydrogen-bond acceptors (Lipinski definition) is 2. The fourth-order valence-electron chi connectivity index (χ4n) is 2.25. The molecule has 2 aromatic carbocycles. The number of para-hydroxylation sites is 2. The van der Waals surface area contributed by atoms with Crippen LogP contribution in [0.1, 0.15) is 16.1 Å². The third-order valence-electron chi connectivity index (χ3n) is 3.19. The van der Waals surface area contributed by atoms with Crippen molar-refractivity contribution < 1.29 is 9.18 Å². The lowest BCUT2D eigenvalue weighted by Gasteiger charge is -2.09. The van der Waals surface area contributed by atoms with E-state index in [2.05, 4.69) is 10.3 Å². The SMILES string of the molecule is Cc1cc(C(=O)Nc2ccccc2)c2cccc(F)c2n1. The number of rotatable bonds is 2. The van der Waals surface area contributed by atoms with E-state index in [0.717, 1.165) is 0 Å². The highest BCUT2D eigenvalue weighted by Crippen LogP contribution is 2.22. The van der Waals surface area contributed by atoms with Gasteiger partial charge in [0.25, 0.3) is 5.91 Å². The average molecular weight is 280 g/mol. The molecule has 21 heavy (non-hydrogen) atoms. The first-order valence-electron chi connectivity index (χ1n) is 6.57. The highest BCUT2D eigenvalue weighted by molar-refractivity contribution is 6.12. The maximum Gasteiger partial charge on any atom is 0.256 e. The summed E-state index contributed by atoms with van der Waals surface area (Å²) in [6.45, 7) is 1.74. The average Bonchev–Trinajstić information content (AvgIpc) is 2.48. The van der Waals surface area contributed by atoms with E-state index >= 15 is 0 Å². The maximum absolute atomic E-state index is 13.8. The zero-order valence-corrected chi connectivity index (χ0v) is 11.4. The number of aryl methyl sites for hydroxylation is 1. The van der Waals surface area contributed by atoms with Crippen LogP contribution in [0.3, 0.4) is 0 Å². The second kappa shape index (κ2) is 5.32. The molecule has 0 radical (unpaired) electrons. The molecule has 0 saturated carbocycles. The van der Waals surface area contributed by atoms with Gasteiger partial charge in [-0.3, -0.25) is 4.79 Å². The summed E-state index contributed by atoms with van der Waals surface area (Å²) in [6.07, 6.45) is 0. The van der Waals surface area contributed by atoms with Gasteiger partial charge in [0.15, 0.2) is 0 Å². The molecule has 104 valence electrons. The maximum atomic E-state index is 13.8. The number of fused-ring (bicyclic) bond motifs is 1. The standard InChI is InChI=1S/C17H13FN2O/c1-11-10-14(13-8-5-9-15(18)16(13)19-11)17(21)20-12-6-3-2-4-7-12/h2-10H,1H3,(H,20,21). The van der Waals surface area contributed by atoms with Crippen molar-refractivity contribution in [1.29, 1.82) is 0 Å². The summed E-state index contributed by atoms with van der Waals surface area (Å²) in [5.41, 5.74) is 1.93. The Morgan fingerprint density at radius 1 is 1.10 bits per heavy atom. The number of benzene rings is 2. The van der Waals surface area contributed by atoms with Crippen LogP contribution in [0.25, 0.3) is 10.9 Å². The zero-order valence-electron chi connectivity index (χ0n) is 11.4. The van der Waals surface area contributed by atoms with Crippen LogP contribution < -0.4 is 5.32 Å². The van der Waals surface area contributed by atoms with Gasteiger partial charge in [-0.2, -0.15) is 0 Å². The van der Waals surface area contributed by atoms with E-state index in [1.165, 1.54) is 6.07 Å². The highest BCUT2D eigenvalue weighted by Gasteiger charge is 2.14. The molecule has 0 atom stereocenters. The minimum absolute atomic E-state index is 0.218. The molecular weight excluding hydrogens is 267 g/mol. The monoisotopic (exact) mass is 280 g/mol. The smallest absolute Gasteiger partial charge is 0.256 e. The molecule has 0 saturated heterocycles. The summed E-state index contributed by atoms with van der Waals surface area (Å²) < 4.78 is 13.8. The van der Waals surface area contributed by atoms with Gasteiger partial charge >= 0.3 is 0 Å². The lowest BCUT2D eigenvalue weighted by atomic mass is 10.1.